The summed E-state index contributed by atoms with van der Waals surface area (Å²) < 4.78 is 0. The van der Waals surface area contributed by atoms with Crippen LogP contribution in [0.2, 0.25) is 0 Å². The number of hydrogen-bond donors (Lipinski definition) is 1. The third-order valence-electron chi connectivity index (χ3n) is 4.02. The van der Waals surface area contributed by atoms with E-state index < -0.39 is 0 Å². The largest absolute Gasteiger partial charge is 0.143 e. The van der Waals surface area contributed by atoms with Crippen LogP contribution in [0, 0.1) is 6.92 Å². The summed E-state index contributed by atoms with van der Waals surface area (Å²) >= 11 is 4.65. The number of aryl methyl sites for hydroxylation is 1. The molecule has 0 radical (unpaired) electrons. The molecule has 0 aliphatic heterocycles. The van der Waals surface area contributed by atoms with Crippen LogP contribution in [0.5, 0.6) is 0 Å². The second kappa shape index (κ2) is 3.88. The SMILES string of the molecule is Cc1ccc2c(c1)Cc1cc(S)c3ccccc3c1-2. The Morgan fingerprint density at radius 1 is 0.895 bits per heavy atom. The molecule has 1 heteroatoms. The standard InChI is InChI=1S/C18H14S/c1-11-6-7-14-12(8-11)9-13-10-17(19)15-4-2-3-5-16(15)18(13)14/h2-8,10,19H,9H2,1H3. The van der Waals surface area contributed by atoms with E-state index in [9.17, 15) is 0 Å². The van der Waals surface area contributed by atoms with Gasteiger partial charge in [0.2, 0.25) is 0 Å². The lowest BCUT2D eigenvalue weighted by molar-refractivity contribution is 1.24. The van der Waals surface area contributed by atoms with E-state index in [2.05, 4.69) is 68.1 Å². The Morgan fingerprint density at radius 2 is 1.68 bits per heavy atom. The summed E-state index contributed by atoms with van der Waals surface area (Å²) in [5.41, 5.74) is 6.99. The van der Waals surface area contributed by atoms with Gasteiger partial charge in [0.15, 0.2) is 0 Å². The minimum absolute atomic E-state index is 1.03. The molecule has 19 heavy (non-hydrogen) atoms. The maximum Gasteiger partial charge on any atom is 0.0122 e. The van der Waals surface area contributed by atoms with E-state index >= 15 is 0 Å². The van der Waals surface area contributed by atoms with Crippen LogP contribution in [-0.4, -0.2) is 0 Å². The van der Waals surface area contributed by atoms with Crippen molar-refractivity contribution >= 4 is 23.4 Å². The molecule has 0 fully saturated rings. The molecule has 0 saturated carbocycles. The van der Waals surface area contributed by atoms with Gasteiger partial charge < -0.3 is 0 Å². The first-order chi connectivity index (χ1) is 9.24. The van der Waals surface area contributed by atoms with E-state index in [-0.39, 0.29) is 0 Å². The summed E-state index contributed by atoms with van der Waals surface area (Å²) in [6.45, 7) is 2.16. The van der Waals surface area contributed by atoms with Gasteiger partial charge in [-0.15, -0.1) is 12.6 Å². The molecule has 1 aliphatic rings. The zero-order chi connectivity index (χ0) is 13.0. The van der Waals surface area contributed by atoms with Crippen molar-refractivity contribution in [2.75, 3.05) is 0 Å². The van der Waals surface area contributed by atoms with E-state index in [1.54, 1.807) is 0 Å². The number of thiol groups is 1. The number of rotatable bonds is 0. The maximum absolute atomic E-state index is 4.65. The summed E-state index contributed by atoms with van der Waals surface area (Å²) in [4.78, 5) is 1.08. The van der Waals surface area contributed by atoms with Gasteiger partial charge in [-0.25, -0.2) is 0 Å². The van der Waals surface area contributed by atoms with Gasteiger partial charge in [0.1, 0.15) is 0 Å². The van der Waals surface area contributed by atoms with Crippen LogP contribution in [0.25, 0.3) is 21.9 Å². The maximum atomic E-state index is 4.65. The average molecular weight is 262 g/mol. The fourth-order valence-corrected chi connectivity index (χ4v) is 3.54. The Hall–Kier alpha value is -1.73. The molecule has 0 nitrogen and oxygen atoms in total. The second-order valence-electron chi connectivity index (χ2n) is 5.31. The fraction of sp³-hybridized carbons (Fsp3) is 0.111. The number of fused-ring (bicyclic) bond motifs is 5. The summed E-state index contributed by atoms with van der Waals surface area (Å²) in [6, 6.07) is 17.6. The minimum atomic E-state index is 1.03. The Labute approximate surface area is 118 Å². The van der Waals surface area contributed by atoms with Gasteiger partial charge in [-0.05, 0) is 52.4 Å². The van der Waals surface area contributed by atoms with Gasteiger partial charge in [-0.2, -0.15) is 0 Å². The fourth-order valence-electron chi connectivity index (χ4n) is 3.19. The smallest absolute Gasteiger partial charge is 0.0122 e. The van der Waals surface area contributed by atoms with Crippen LogP contribution in [-0.2, 0) is 6.42 Å². The highest BCUT2D eigenvalue weighted by molar-refractivity contribution is 7.80. The third kappa shape index (κ3) is 1.55. The topological polar surface area (TPSA) is 0 Å². The van der Waals surface area contributed by atoms with E-state index in [1.165, 1.54) is 38.6 Å². The first-order valence-corrected chi connectivity index (χ1v) is 7.02. The van der Waals surface area contributed by atoms with Crippen molar-refractivity contribution in [3.8, 4) is 11.1 Å². The van der Waals surface area contributed by atoms with Crippen LogP contribution in [0.15, 0.2) is 53.4 Å². The summed E-state index contributed by atoms with van der Waals surface area (Å²) in [7, 11) is 0. The number of hydrogen-bond acceptors (Lipinski definition) is 1. The molecule has 0 N–H and O–H groups in total. The highest BCUT2D eigenvalue weighted by Gasteiger charge is 2.21. The Bertz CT molecular complexity index is 815. The van der Waals surface area contributed by atoms with E-state index in [0.717, 1.165) is 11.3 Å². The van der Waals surface area contributed by atoms with Crippen LogP contribution >= 0.6 is 12.6 Å². The van der Waals surface area contributed by atoms with Crippen molar-refractivity contribution in [3.63, 3.8) is 0 Å². The van der Waals surface area contributed by atoms with Crippen molar-refractivity contribution in [1.82, 2.24) is 0 Å². The van der Waals surface area contributed by atoms with Gasteiger partial charge in [-0.3, -0.25) is 0 Å². The minimum Gasteiger partial charge on any atom is -0.143 e. The average Bonchev–Trinajstić information content (AvgIpc) is 2.76. The molecule has 1 aliphatic carbocycles. The normalized spacial score (nSPS) is 12.5. The van der Waals surface area contributed by atoms with Crippen LogP contribution in [0.4, 0.5) is 0 Å². The molecule has 0 saturated heterocycles. The lowest BCUT2D eigenvalue weighted by atomic mass is 9.97. The van der Waals surface area contributed by atoms with Crippen molar-refractivity contribution in [1.29, 1.82) is 0 Å². The number of benzene rings is 3. The highest BCUT2D eigenvalue weighted by Crippen LogP contribution is 2.43. The zero-order valence-electron chi connectivity index (χ0n) is 10.8. The Balaban J connectivity index is 2.14. The predicted molar refractivity (Wildman–Crippen MR) is 84.2 cm³/mol. The van der Waals surface area contributed by atoms with Crippen LogP contribution in [0.3, 0.4) is 0 Å². The zero-order valence-corrected chi connectivity index (χ0v) is 11.7. The lowest BCUT2D eigenvalue weighted by Crippen LogP contribution is -1.84. The van der Waals surface area contributed by atoms with E-state index in [4.69, 9.17) is 0 Å². The molecule has 0 unspecified atom stereocenters. The van der Waals surface area contributed by atoms with E-state index in [1.807, 2.05) is 0 Å². The molecule has 0 heterocycles. The molecule has 0 aromatic heterocycles. The van der Waals surface area contributed by atoms with Crippen molar-refractivity contribution < 1.29 is 0 Å². The second-order valence-corrected chi connectivity index (χ2v) is 5.79. The van der Waals surface area contributed by atoms with Gasteiger partial charge >= 0.3 is 0 Å². The first-order valence-electron chi connectivity index (χ1n) is 6.57. The van der Waals surface area contributed by atoms with Gasteiger partial charge in [0, 0.05) is 4.90 Å². The van der Waals surface area contributed by atoms with Crippen molar-refractivity contribution in [2.24, 2.45) is 0 Å². The molecule has 0 amide bonds. The van der Waals surface area contributed by atoms with E-state index in [0.29, 0.717) is 0 Å². The molecular weight excluding hydrogens is 248 g/mol. The quantitative estimate of drug-likeness (QED) is 0.423. The lowest BCUT2D eigenvalue weighted by Gasteiger charge is -2.09. The molecule has 0 atom stereocenters. The van der Waals surface area contributed by atoms with Crippen molar-refractivity contribution in [2.45, 2.75) is 18.2 Å². The highest BCUT2D eigenvalue weighted by atomic mass is 32.1. The van der Waals surface area contributed by atoms with Gasteiger partial charge in [0.25, 0.3) is 0 Å². The molecule has 4 rings (SSSR count). The molecule has 3 aromatic rings. The van der Waals surface area contributed by atoms with Gasteiger partial charge in [0.05, 0.1) is 0 Å². The molecule has 92 valence electrons. The first kappa shape index (κ1) is 11.1. The molecular formula is C18H14S. The summed E-state index contributed by atoms with van der Waals surface area (Å²) in [6.07, 6.45) is 1.03. The Kier molecular flexibility index (Phi) is 2.27. The third-order valence-corrected chi connectivity index (χ3v) is 4.39. The van der Waals surface area contributed by atoms with Gasteiger partial charge in [-0.1, -0.05) is 48.0 Å². The van der Waals surface area contributed by atoms with Crippen molar-refractivity contribution in [3.05, 3.63) is 65.2 Å². The summed E-state index contributed by atoms with van der Waals surface area (Å²) in [5, 5.41) is 2.57. The molecule has 0 bridgehead atoms. The Morgan fingerprint density at radius 3 is 2.53 bits per heavy atom. The molecule has 3 aromatic carbocycles. The molecule has 0 spiro atoms. The van der Waals surface area contributed by atoms with Crippen LogP contribution in [0.1, 0.15) is 16.7 Å². The van der Waals surface area contributed by atoms with Crippen LogP contribution < -0.4 is 0 Å². The summed E-state index contributed by atoms with van der Waals surface area (Å²) in [5.74, 6) is 0. The monoisotopic (exact) mass is 262 g/mol. The predicted octanol–water partition coefficient (Wildman–Crippen LogP) is 5.01.